The molecule has 3 rings (SSSR count). The summed E-state index contributed by atoms with van der Waals surface area (Å²) in [5.41, 5.74) is 0.796. The number of hydrogen-bond acceptors (Lipinski definition) is 4. The van der Waals surface area contributed by atoms with E-state index in [1.54, 1.807) is 12.1 Å². The molecular weight excluding hydrogens is 274 g/mol. The number of carboxylic acid groups (broad SMARTS) is 1. The smallest absolute Gasteiger partial charge is 0.326 e. The van der Waals surface area contributed by atoms with Crippen molar-refractivity contribution in [2.24, 2.45) is 0 Å². The summed E-state index contributed by atoms with van der Waals surface area (Å²) in [5.74, 6) is 0.0113. The first-order valence-corrected chi connectivity index (χ1v) is 6.72. The van der Waals surface area contributed by atoms with Crippen molar-refractivity contribution in [3.8, 4) is 11.5 Å². The Kier molecular flexibility index (Phi) is 3.25. The van der Waals surface area contributed by atoms with Crippen LogP contribution in [0.4, 0.5) is 0 Å². The Morgan fingerprint density at radius 1 is 1.48 bits per heavy atom. The van der Waals surface area contributed by atoms with Gasteiger partial charge in [-0.2, -0.15) is 5.10 Å². The van der Waals surface area contributed by atoms with E-state index in [4.69, 9.17) is 9.52 Å². The Morgan fingerprint density at radius 3 is 2.95 bits per heavy atom. The van der Waals surface area contributed by atoms with Crippen LogP contribution in [-0.4, -0.2) is 44.7 Å². The molecule has 2 aromatic rings. The fraction of sp³-hybridized carbons (Fsp3) is 0.357. The normalized spacial score (nSPS) is 18.1. The molecule has 0 aliphatic carbocycles. The van der Waals surface area contributed by atoms with Crippen molar-refractivity contribution in [1.82, 2.24) is 15.1 Å². The Hall–Kier alpha value is -2.57. The van der Waals surface area contributed by atoms with Gasteiger partial charge < -0.3 is 14.4 Å². The largest absolute Gasteiger partial charge is 0.480 e. The summed E-state index contributed by atoms with van der Waals surface area (Å²) in [5, 5.41) is 15.8. The van der Waals surface area contributed by atoms with Crippen molar-refractivity contribution >= 4 is 11.9 Å². The van der Waals surface area contributed by atoms with Crippen LogP contribution >= 0.6 is 0 Å². The fourth-order valence-corrected chi connectivity index (χ4v) is 2.55. The van der Waals surface area contributed by atoms with Crippen molar-refractivity contribution in [3.63, 3.8) is 0 Å². The van der Waals surface area contributed by atoms with Gasteiger partial charge in [0, 0.05) is 12.6 Å². The molecule has 7 heteroatoms. The highest BCUT2D eigenvalue weighted by molar-refractivity contribution is 5.96. The molecule has 0 saturated carbocycles. The number of rotatable bonds is 3. The third-order valence-electron chi connectivity index (χ3n) is 3.60. The number of nitrogens with one attached hydrogen (secondary N) is 1. The Balaban J connectivity index is 1.83. The van der Waals surface area contributed by atoms with Crippen LogP contribution in [0.25, 0.3) is 11.5 Å². The number of likely N-dealkylation sites (tertiary alicyclic amines) is 1. The molecular formula is C14H15N3O4. The predicted molar refractivity (Wildman–Crippen MR) is 72.7 cm³/mol. The number of amides is 1. The van der Waals surface area contributed by atoms with Gasteiger partial charge in [-0.3, -0.25) is 9.89 Å². The van der Waals surface area contributed by atoms with Gasteiger partial charge in [0.15, 0.2) is 11.5 Å². The van der Waals surface area contributed by atoms with E-state index in [9.17, 15) is 9.59 Å². The lowest BCUT2D eigenvalue weighted by Crippen LogP contribution is -2.40. The van der Waals surface area contributed by atoms with Crippen LogP contribution < -0.4 is 0 Å². The molecule has 0 aromatic carbocycles. The first-order valence-electron chi connectivity index (χ1n) is 6.72. The minimum atomic E-state index is -0.974. The Morgan fingerprint density at radius 2 is 2.29 bits per heavy atom. The summed E-state index contributed by atoms with van der Waals surface area (Å²) in [4.78, 5) is 24.9. The number of aryl methyl sites for hydroxylation is 1. The van der Waals surface area contributed by atoms with Crippen LogP contribution in [0.1, 0.15) is 29.1 Å². The lowest BCUT2D eigenvalue weighted by atomic mass is 10.2. The lowest BCUT2D eigenvalue weighted by Gasteiger charge is -2.19. The number of furan rings is 1. The van der Waals surface area contributed by atoms with Gasteiger partial charge in [0.25, 0.3) is 5.91 Å². The molecule has 21 heavy (non-hydrogen) atoms. The van der Waals surface area contributed by atoms with Gasteiger partial charge in [0.2, 0.25) is 0 Å². The van der Waals surface area contributed by atoms with E-state index in [2.05, 4.69) is 10.2 Å². The number of H-pyrrole nitrogens is 1. The number of carbonyl (C=O) groups is 2. The van der Waals surface area contributed by atoms with Gasteiger partial charge in [-0.25, -0.2) is 4.79 Å². The standard InChI is InChI=1S/C14H15N3O4/c1-8-4-5-12(21-8)9-7-10(16-15-9)13(18)17-6-2-3-11(17)14(19)20/h4-5,7,11H,2-3,6H2,1H3,(H,15,16)(H,19,20)/t11-/m0/s1. The summed E-state index contributed by atoms with van der Waals surface area (Å²) >= 11 is 0. The van der Waals surface area contributed by atoms with E-state index in [1.807, 2.05) is 13.0 Å². The number of carboxylic acids is 1. The second-order valence-corrected chi connectivity index (χ2v) is 5.07. The van der Waals surface area contributed by atoms with Gasteiger partial charge in [-0.1, -0.05) is 0 Å². The van der Waals surface area contributed by atoms with Gasteiger partial charge in [0.1, 0.15) is 17.5 Å². The van der Waals surface area contributed by atoms with E-state index in [0.29, 0.717) is 30.8 Å². The van der Waals surface area contributed by atoms with Crippen LogP contribution in [0.5, 0.6) is 0 Å². The second kappa shape index (κ2) is 5.08. The van der Waals surface area contributed by atoms with Gasteiger partial charge in [-0.15, -0.1) is 0 Å². The quantitative estimate of drug-likeness (QED) is 0.895. The zero-order valence-electron chi connectivity index (χ0n) is 11.5. The van der Waals surface area contributed by atoms with Gasteiger partial charge in [0.05, 0.1) is 0 Å². The molecule has 0 bridgehead atoms. The third-order valence-corrected chi connectivity index (χ3v) is 3.60. The lowest BCUT2D eigenvalue weighted by molar-refractivity contribution is -0.141. The van der Waals surface area contributed by atoms with Crippen molar-refractivity contribution in [2.45, 2.75) is 25.8 Å². The van der Waals surface area contributed by atoms with E-state index in [1.165, 1.54) is 4.90 Å². The average molecular weight is 289 g/mol. The zero-order chi connectivity index (χ0) is 15.0. The zero-order valence-corrected chi connectivity index (χ0v) is 11.5. The molecule has 110 valence electrons. The molecule has 3 heterocycles. The molecule has 0 unspecified atom stereocenters. The third kappa shape index (κ3) is 2.42. The first kappa shape index (κ1) is 13.4. The van der Waals surface area contributed by atoms with E-state index >= 15 is 0 Å². The van der Waals surface area contributed by atoms with Gasteiger partial charge >= 0.3 is 5.97 Å². The van der Waals surface area contributed by atoms with E-state index in [0.717, 1.165) is 5.76 Å². The van der Waals surface area contributed by atoms with Crippen LogP contribution in [0, 0.1) is 6.92 Å². The first-order chi connectivity index (χ1) is 10.1. The van der Waals surface area contributed by atoms with Crippen molar-refractivity contribution in [1.29, 1.82) is 0 Å². The maximum atomic E-state index is 12.4. The summed E-state index contributed by atoms with van der Waals surface area (Å²) < 4.78 is 5.46. The summed E-state index contributed by atoms with van der Waals surface area (Å²) in [6.07, 6.45) is 1.17. The predicted octanol–water partition coefficient (Wildman–Crippen LogP) is 1.67. The van der Waals surface area contributed by atoms with Crippen LogP contribution in [-0.2, 0) is 4.79 Å². The number of aliphatic carboxylic acids is 1. The second-order valence-electron chi connectivity index (χ2n) is 5.07. The maximum absolute atomic E-state index is 12.4. The van der Waals surface area contributed by atoms with Crippen molar-refractivity contribution in [2.75, 3.05) is 6.54 Å². The maximum Gasteiger partial charge on any atom is 0.326 e. The minimum absolute atomic E-state index is 0.201. The van der Waals surface area contributed by atoms with Crippen molar-refractivity contribution in [3.05, 3.63) is 29.7 Å². The molecule has 1 aliphatic heterocycles. The summed E-state index contributed by atoms with van der Waals surface area (Å²) in [6.45, 7) is 2.27. The summed E-state index contributed by atoms with van der Waals surface area (Å²) in [6, 6.07) is 4.42. The average Bonchev–Trinajstić information content (AvgIpc) is 3.17. The highest BCUT2D eigenvalue weighted by Gasteiger charge is 2.35. The Bertz CT molecular complexity index is 688. The Labute approximate surface area is 120 Å². The van der Waals surface area contributed by atoms with Crippen LogP contribution in [0.15, 0.2) is 22.6 Å². The van der Waals surface area contributed by atoms with Gasteiger partial charge in [-0.05, 0) is 31.9 Å². The molecule has 0 radical (unpaired) electrons. The van der Waals surface area contributed by atoms with E-state index < -0.39 is 12.0 Å². The topological polar surface area (TPSA) is 99.4 Å². The minimum Gasteiger partial charge on any atom is -0.480 e. The monoisotopic (exact) mass is 289 g/mol. The highest BCUT2D eigenvalue weighted by atomic mass is 16.4. The molecule has 1 saturated heterocycles. The molecule has 1 aliphatic rings. The molecule has 1 atom stereocenters. The SMILES string of the molecule is Cc1ccc(-c2cc(C(=O)N3CCC[C@H]3C(=O)O)n[nH]2)o1. The molecule has 2 aromatic heterocycles. The number of aromatic nitrogens is 2. The molecule has 0 spiro atoms. The number of carbonyl (C=O) groups excluding carboxylic acids is 1. The molecule has 7 nitrogen and oxygen atoms in total. The van der Waals surface area contributed by atoms with Crippen LogP contribution in [0.3, 0.4) is 0 Å². The fourth-order valence-electron chi connectivity index (χ4n) is 2.55. The number of aromatic amines is 1. The number of nitrogens with zero attached hydrogens (tertiary/aromatic N) is 2. The number of hydrogen-bond donors (Lipinski definition) is 2. The molecule has 1 amide bonds. The van der Waals surface area contributed by atoms with Crippen molar-refractivity contribution < 1.29 is 19.1 Å². The summed E-state index contributed by atoms with van der Waals surface area (Å²) in [7, 11) is 0. The highest BCUT2D eigenvalue weighted by Crippen LogP contribution is 2.23. The van der Waals surface area contributed by atoms with E-state index in [-0.39, 0.29) is 11.6 Å². The molecule has 1 fully saturated rings. The van der Waals surface area contributed by atoms with Crippen LogP contribution in [0.2, 0.25) is 0 Å². The molecule has 2 N–H and O–H groups in total.